The van der Waals surface area contributed by atoms with Gasteiger partial charge in [-0.1, -0.05) is 36.7 Å². The minimum atomic E-state index is -1.13. The Balaban J connectivity index is 0.843. The highest BCUT2D eigenvalue weighted by molar-refractivity contribution is 7.15. The van der Waals surface area contributed by atoms with Gasteiger partial charge in [-0.15, -0.1) is 21.5 Å². The number of nitrogens with zero attached hydrogens (tertiary/aromatic N) is 7. The molecule has 3 N–H and O–H groups in total. The summed E-state index contributed by atoms with van der Waals surface area (Å²) in [5.74, 6) is -2.10. The van der Waals surface area contributed by atoms with Crippen LogP contribution in [-0.4, -0.2) is 73.5 Å². The molecule has 3 aliphatic heterocycles. The quantitative estimate of drug-likeness (QED) is 0.0790. The number of ether oxygens (including phenoxy) is 1. The molecular weight excluding hydrogens is 908 g/mol. The molecule has 6 amide bonds. The summed E-state index contributed by atoms with van der Waals surface area (Å²) in [4.78, 5) is 84.7. The Morgan fingerprint density at radius 2 is 1.59 bits per heavy atom. The van der Waals surface area contributed by atoms with Crippen molar-refractivity contribution in [3.05, 3.63) is 139 Å². The van der Waals surface area contributed by atoms with E-state index in [1.54, 1.807) is 41.7 Å². The van der Waals surface area contributed by atoms with Gasteiger partial charge in [0.1, 0.15) is 28.7 Å². The lowest BCUT2D eigenvalue weighted by atomic mass is 9.99. The number of amides is 6. The van der Waals surface area contributed by atoms with Gasteiger partial charge in [-0.3, -0.25) is 48.5 Å². The van der Waals surface area contributed by atoms with Crippen molar-refractivity contribution < 1.29 is 33.5 Å². The van der Waals surface area contributed by atoms with Crippen LogP contribution in [0.3, 0.4) is 0 Å². The van der Waals surface area contributed by atoms with Crippen molar-refractivity contribution in [2.75, 3.05) is 17.2 Å². The monoisotopic (exact) mass is 950 g/mol. The summed E-state index contributed by atoms with van der Waals surface area (Å²) in [5.41, 5.74) is 7.53. The number of benzene rings is 4. The predicted octanol–water partition coefficient (Wildman–Crippen LogP) is 8.53. The van der Waals surface area contributed by atoms with Crippen LogP contribution in [0.15, 0.2) is 94.1 Å². The highest BCUT2D eigenvalue weighted by atomic mass is 35.5. The maximum Gasteiger partial charge on any atom is 0.266 e. The van der Waals surface area contributed by atoms with E-state index in [0.717, 1.165) is 48.3 Å². The van der Waals surface area contributed by atoms with E-state index in [0.29, 0.717) is 45.8 Å². The Kier molecular flexibility index (Phi) is 12.4. The third-order valence-electron chi connectivity index (χ3n) is 12.0. The molecule has 1 fully saturated rings. The zero-order valence-electron chi connectivity index (χ0n) is 37.5. The molecule has 0 aliphatic carbocycles. The third-order valence-corrected chi connectivity index (χ3v) is 13.5. The van der Waals surface area contributed by atoms with Crippen molar-refractivity contribution in [1.29, 1.82) is 0 Å². The molecule has 2 atom stereocenters. The number of nitrogens with one attached hydrogen (secondary N) is 3. The standard InChI is InChI=1S/C49H43ClN10O7S/c1-6-28-21-32(51-40(62)22-36-45-58-55-27(5)59(45)49-42(25(3)26(4)68-49)44(53-36)29-10-12-30(50)13-11-29)15-17-35(28)57-56-34-16-14-31(20-24(34)2)52-41(63)23-67-38-9-7-8-33-43(38)48(66)60(47(33)65)37-18-19-39(61)54-46(37)64/h7-17,20-21,36-37H,6,18-19,22-23H2,1-5H3,(H,51,62)(H,52,63)(H,54,61,64)/t36-,37?/m0/s1. The third kappa shape index (κ3) is 8.70. The first-order valence-corrected chi connectivity index (χ1v) is 23.0. The van der Waals surface area contributed by atoms with Crippen molar-refractivity contribution in [1.82, 2.24) is 25.0 Å². The number of anilines is 2. The molecule has 4 aromatic carbocycles. The largest absolute Gasteiger partial charge is 0.483 e. The SMILES string of the molecule is CCc1cc(NC(=O)C[C@@H]2N=C(c3ccc(Cl)cc3)c3c(sc(C)c3C)-n3c(C)nnc32)ccc1N=Nc1ccc(NC(=O)COc2cccc3c2C(=O)N(C2CCC(=O)NC2=O)C3=O)cc1C. The van der Waals surface area contributed by atoms with E-state index in [1.165, 1.54) is 18.2 Å². The minimum absolute atomic E-state index is 0.00925. The smallest absolute Gasteiger partial charge is 0.266 e. The number of thiophene rings is 1. The number of aryl methyl sites for hydroxylation is 4. The normalized spacial score (nSPS) is 16.5. The first-order valence-electron chi connectivity index (χ1n) is 21.8. The molecule has 1 saturated heterocycles. The zero-order valence-corrected chi connectivity index (χ0v) is 39.0. The number of aromatic nitrogens is 3. The molecule has 3 aliphatic rings. The van der Waals surface area contributed by atoms with E-state index in [-0.39, 0.29) is 42.0 Å². The van der Waals surface area contributed by atoms with Crippen LogP contribution in [0.25, 0.3) is 5.00 Å². The summed E-state index contributed by atoms with van der Waals surface area (Å²) in [6, 6.07) is 20.8. The highest BCUT2D eigenvalue weighted by Crippen LogP contribution is 2.40. The van der Waals surface area contributed by atoms with Gasteiger partial charge in [0.15, 0.2) is 12.4 Å². The lowest BCUT2D eigenvalue weighted by Crippen LogP contribution is -2.54. The lowest BCUT2D eigenvalue weighted by molar-refractivity contribution is -0.136. The van der Waals surface area contributed by atoms with Gasteiger partial charge in [0, 0.05) is 38.8 Å². The molecule has 0 bridgehead atoms. The summed E-state index contributed by atoms with van der Waals surface area (Å²) in [7, 11) is 0. The second-order valence-corrected chi connectivity index (χ2v) is 18.2. The van der Waals surface area contributed by atoms with Crippen molar-refractivity contribution >= 4 is 86.8 Å². The van der Waals surface area contributed by atoms with Crippen LogP contribution in [0.2, 0.25) is 5.02 Å². The lowest BCUT2D eigenvalue weighted by Gasteiger charge is -2.27. The number of piperidine rings is 1. The van der Waals surface area contributed by atoms with Crippen molar-refractivity contribution in [3.63, 3.8) is 0 Å². The molecule has 5 heterocycles. The van der Waals surface area contributed by atoms with Gasteiger partial charge in [-0.2, -0.15) is 10.2 Å². The molecule has 0 saturated carbocycles. The Bertz CT molecular complexity index is 3180. The molecule has 344 valence electrons. The molecule has 6 aromatic rings. The maximum atomic E-state index is 13.8. The van der Waals surface area contributed by atoms with E-state index < -0.39 is 48.2 Å². The zero-order chi connectivity index (χ0) is 48.0. The number of carbonyl (C=O) groups excluding carboxylic acids is 6. The van der Waals surface area contributed by atoms with Gasteiger partial charge < -0.3 is 15.4 Å². The Hall–Kier alpha value is -7.70. The van der Waals surface area contributed by atoms with E-state index in [1.807, 2.05) is 55.7 Å². The van der Waals surface area contributed by atoms with Crippen LogP contribution in [0.1, 0.15) is 97.3 Å². The molecule has 2 aromatic heterocycles. The number of azo groups is 1. The van der Waals surface area contributed by atoms with Crippen LogP contribution < -0.4 is 20.7 Å². The second-order valence-electron chi connectivity index (χ2n) is 16.5. The van der Waals surface area contributed by atoms with Crippen LogP contribution in [0.4, 0.5) is 22.7 Å². The summed E-state index contributed by atoms with van der Waals surface area (Å²) >= 11 is 7.91. The number of imide groups is 2. The van der Waals surface area contributed by atoms with Gasteiger partial charge >= 0.3 is 0 Å². The molecule has 9 rings (SSSR count). The number of fused-ring (bicyclic) bond motifs is 4. The molecule has 19 heteroatoms. The first-order chi connectivity index (χ1) is 32.7. The van der Waals surface area contributed by atoms with Crippen LogP contribution in [-0.2, 0) is 25.6 Å². The average Bonchev–Trinajstić information content (AvgIpc) is 3.89. The first kappa shape index (κ1) is 45.5. The molecular formula is C49H43ClN10O7S. The fourth-order valence-electron chi connectivity index (χ4n) is 8.46. The molecule has 68 heavy (non-hydrogen) atoms. The van der Waals surface area contributed by atoms with Crippen LogP contribution in [0, 0.1) is 27.7 Å². The fraction of sp³-hybridized carbons (Fsp3) is 0.245. The van der Waals surface area contributed by atoms with E-state index in [2.05, 4.69) is 50.2 Å². The summed E-state index contributed by atoms with van der Waals surface area (Å²) < 4.78 is 7.74. The second kappa shape index (κ2) is 18.5. The van der Waals surface area contributed by atoms with Crippen molar-refractivity contribution in [3.8, 4) is 10.8 Å². The number of rotatable bonds is 12. The highest BCUT2D eigenvalue weighted by Gasteiger charge is 2.46. The number of halogens is 1. The van der Waals surface area contributed by atoms with Gasteiger partial charge in [-0.25, -0.2) is 0 Å². The van der Waals surface area contributed by atoms with Crippen LogP contribution >= 0.6 is 22.9 Å². The fourth-order valence-corrected chi connectivity index (χ4v) is 9.80. The average molecular weight is 951 g/mol. The van der Waals surface area contributed by atoms with E-state index in [9.17, 15) is 28.8 Å². The number of carbonyl (C=O) groups is 6. The minimum Gasteiger partial charge on any atom is -0.483 e. The molecule has 17 nitrogen and oxygen atoms in total. The van der Waals surface area contributed by atoms with E-state index in [4.69, 9.17) is 21.3 Å². The molecule has 1 unspecified atom stereocenters. The van der Waals surface area contributed by atoms with Gasteiger partial charge in [0.2, 0.25) is 17.7 Å². The van der Waals surface area contributed by atoms with Crippen molar-refractivity contribution in [2.45, 2.75) is 72.4 Å². The maximum absolute atomic E-state index is 13.8. The number of aliphatic imine (C=N–C) groups is 1. The molecule has 0 radical (unpaired) electrons. The molecule has 0 spiro atoms. The predicted molar refractivity (Wildman–Crippen MR) is 255 cm³/mol. The van der Waals surface area contributed by atoms with Gasteiger partial charge in [0.25, 0.3) is 17.7 Å². The topological polar surface area (TPSA) is 219 Å². The van der Waals surface area contributed by atoms with Gasteiger partial charge in [-0.05, 0) is 118 Å². The summed E-state index contributed by atoms with van der Waals surface area (Å²) in [6.07, 6.45) is 0.627. The number of hydrogen-bond acceptors (Lipinski definition) is 13. The Labute approximate surface area is 398 Å². The number of hydrogen-bond donors (Lipinski definition) is 3. The summed E-state index contributed by atoms with van der Waals surface area (Å²) in [5, 5.41) is 27.5. The van der Waals surface area contributed by atoms with Crippen LogP contribution in [0.5, 0.6) is 5.75 Å². The van der Waals surface area contributed by atoms with Crippen molar-refractivity contribution in [2.24, 2.45) is 15.2 Å². The summed E-state index contributed by atoms with van der Waals surface area (Å²) in [6.45, 7) is 9.39. The van der Waals surface area contributed by atoms with E-state index >= 15 is 0 Å². The Morgan fingerprint density at radius 1 is 0.868 bits per heavy atom. The van der Waals surface area contributed by atoms with Gasteiger partial charge in [0.05, 0.1) is 34.6 Å². The Morgan fingerprint density at radius 3 is 2.32 bits per heavy atom.